The van der Waals surface area contributed by atoms with Crippen molar-refractivity contribution in [2.24, 2.45) is 0 Å². The largest absolute Gasteiger partial charge is 0.388 e. The number of pyridine rings is 1. The molecule has 0 aliphatic heterocycles. The molecular weight excluding hydrogens is 240 g/mol. The van der Waals surface area contributed by atoms with Crippen molar-refractivity contribution >= 4 is 11.6 Å². The van der Waals surface area contributed by atoms with Crippen LogP contribution in [0.5, 0.6) is 0 Å². The van der Waals surface area contributed by atoms with Gasteiger partial charge in [-0.2, -0.15) is 0 Å². The molecule has 1 unspecified atom stereocenters. The number of carbonyl (C=O) groups excluding carboxylic acids is 1. The summed E-state index contributed by atoms with van der Waals surface area (Å²) < 4.78 is 0. The highest BCUT2D eigenvalue weighted by atomic mass is 16.1. The van der Waals surface area contributed by atoms with Gasteiger partial charge in [0.15, 0.2) is 0 Å². The van der Waals surface area contributed by atoms with Crippen LogP contribution in [0.25, 0.3) is 0 Å². The van der Waals surface area contributed by atoms with Crippen LogP contribution in [0.15, 0.2) is 18.3 Å². The Kier molecular flexibility index (Phi) is 6.29. The van der Waals surface area contributed by atoms with Gasteiger partial charge in [-0.25, -0.2) is 0 Å². The molecule has 0 fully saturated rings. The van der Waals surface area contributed by atoms with Gasteiger partial charge in [0.2, 0.25) is 0 Å². The highest BCUT2D eigenvalue weighted by Crippen LogP contribution is 2.06. The van der Waals surface area contributed by atoms with E-state index in [1.165, 1.54) is 0 Å². The van der Waals surface area contributed by atoms with Crippen LogP contribution in [0.1, 0.15) is 30.8 Å². The Morgan fingerprint density at radius 2 is 2.26 bits per heavy atom. The highest BCUT2D eigenvalue weighted by molar-refractivity contribution is 5.93. The van der Waals surface area contributed by atoms with Gasteiger partial charge < -0.3 is 15.5 Å². The zero-order valence-electron chi connectivity index (χ0n) is 12.2. The van der Waals surface area contributed by atoms with Crippen molar-refractivity contribution in [3.8, 4) is 0 Å². The lowest BCUT2D eigenvalue weighted by molar-refractivity contribution is 0.0942. The van der Waals surface area contributed by atoms with E-state index in [0.29, 0.717) is 18.3 Å². The molecule has 106 valence electrons. The van der Waals surface area contributed by atoms with Gasteiger partial charge in [-0.15, -0.1) is 0 Å². The first-order valence-corrected chi connectivity index (χ1v) is 6.70. The maximum Gasteiger partial charge on any atom is 0.269 e. The molecule has 0 bridgehead atoms. The molecule has 0 saturated carbocycles. The number of nitrogens with zero attached hydrogens (tertiary/aromatic N) is 2. The van der Waals surface area contributed by atoms with Crippen molar-refractivity contribution in [1.82, 2.24) is 15.2 Å². The fourth-order valence-electron chi connectivity index (χ4n) is 1.68. The van der Waals surface area contributed by atoms with E-state index in [0.717, 1.165) is 18.7 Å². The Hall–Kier alpha value is -1.62. The fourth-order valence-corrected chi connectivity index (χ4v) is 1.68. The number of carbonyl (C=O) groups is 1. The van der Waals surface area contributed by atoms with Crippen molar-refractivity contribution < 1.29 is 4.79 Å². The minimum absolute atomic E-state index is 0.130. The number of rotatable bonds is 7. The molecule has 0 saturated heterocycles. The van der Waals surface area contributed by atoms with E-state index in [2.05, 4.69) is 41.4 Å². The smallest absolute Gasteiger partial charge is 0.269 e. The predicted molar refractivity (Wildman–Crippen MR) is 78.5 cm³/mol. The molecule has 19 heavy (non-hydrogen) atoms. The van der Waals surface area contributed by atoms with Crippen LogP contribution in [-0.4, -0.2) is 49.0 Å². The van der Waals surface area contributed by atoms with E-state index in [-0.39, 0.29) is 5.91 Å². The molecule has 1 heterocycles. The topological polar surface area (TPSA) is 57.3 Å². The van der Waals surface area contributed by atoms with Crippen LogP contribution in [0, 0.1) is 0 Å². The van der Waals surface area contributed by atoms with Gasteiger partial charge in [-0.1, -0.05) is 6.92 Å². The monoisotopic (exact) mass is 264 g/mol. The molecule has 2 N–H and O–H groups in total. The molecule has 0 spiro atoms. The molecule has 1 rings (SSSR count). The van der Waals surface area contributed by atoms with E-state index in [9.17, 15) is 4.79 Å². The maximum atomic E-state index is 11.9. The number of anilines is 1. The quantitative estimate of drug-likeness (QED) is 0.785. The van der Waals surface area contributed by atoms with Gasteiger partial charge >= 0.3 is 0 Å². The second kappa shape index (κ2) is 7.74. The lowest BCUT2D eigenvalue weighted by Crippen LogP contribution is -2.37. The average Bonchev–Trinajstić information content (AvgIpc) is 2.46. The molecule has 0 radical (unpaired) electrons. The Balaban J connectivity index is 2.43. The van der Waals surface area contributed by atoms with E-state index in [1.54, 1.807) is 12.3 Å². The van der Waals surface area contributed by atoms with E-state index in [4.69, 9.17) is 0 Å². The number of hydrogen-bond donors (Lipinski definition) is 2. The summed E-state index contributed by atoms with van der Waals surface area (Å²) in [4.78, 5) is 18.2. The number of amides is 1. The van der Waals surface area contributed by atoms with Crippen molar-refractivity contribution in [3.05, 3.63) is 24.0 Å². The minimum atomic E-state index is -0.130. The van der Waals surface area contributed by atoms with Crippen molar-refractivity contribution in [3.63, 3.8) is 0 Å². The van der Waals surface area contributed by atoms with Crippen LogP contribution in [0.4, 0.5) is 5.69 Å². The van der Waals surface area contributed by atoms with Crippen LogP contribution in [0.3, 0.4) is 0 Å². The standard InChI is InChI=1S/C14H24N4O/c1-5-11(2)18(4)9-8-17-14(19)13-10-12(15-3)6-7-16-13/h6-7,10-11H,5,8-9H2,1-4H3,(H,15,16)(H,17,19). The molecule has 1 aromatic rings. The summed E-state index contributed by atoms with van der Waals surface area (Å²) in [7, 11) is 3.89. The number of likely N-dealkylation sites (N-methyl/N-ethyl adjacent to an activating group) is 1. The summed E-state index contributed by atoms with van der Waals surface area (Å²) in [5, 5.41) is 5.88. The lowest BCUT2D eigenvalue weighted by Gasteiger charge is -2.23. The normalized spacial score (nSPS) is 12.3. The maximum absolute atomic E-state index is 11.9. The highest BCUT2D eigenvalue weighted by Gasteiger charge is 2.09. The first kappa shape index (κ1) is 15.4. The van der Waals surface area contributed by atoms with Gasteiger partial charge in [-0.3, -0.25) is 9.78 Å². The number of aromatic nitrogens is 1. The summed E-state index contributed by atoms with van der Waals surface area (Å²) in [5.41, 5.74) is 1.33. The predicted octanol–water partition coefficient (Wildman–Crippen LogP) is 1.58. The van der Waals surface area contributed by atoms with E-state index >= 15 is 0 Å². The molecular formula is C14H24N4O. The summed E-state index contributed by atoms with van der Waals surface area (Å²) >= 11 is 0. The van der Waals surface area contributed by atoms with E-state index < -0.39 is 0 Å². The van der Waals surface area contributed by atoms with E-state index in [1.807, 2.05) is 13.1 Å². The lowest BCUT2D eigenvalue weighted by atomic mass is 10.2. The summed E-state index contributed by atoms with van der Waals surface area (Å²) in [6, 6.07) is 4.10. The molecule has 0 aliphatic carbocycles. The van der Waals surface area contributed by atoms with Gasteiger partial charge in [0, 0.05) is 38.1 Å². The van der Waals surface area contributed by atoms with Crippen molar-refractivity contribution in [1.29, 1.82) is 0 Å². The van der Waals surface area contributed by atoms with Gasteiger partial charge in [0.1, 0.15) is 5.69 Å². The Bertz CT molecular complexity index is 408. The first-order valence-electron chi connectivity index (χ1n) is 6.70. The van der Waals surface area contributed by atoms with Crippen LogP contribution in [0.2, 0.25) is 0 Å². The molecule has 5 heteroatoms. The summed E-state index contributed by atoms with van der Waals surface area (Å²) in [6.07, 6.45) is 2.74. The molecule has 1 aromatic heterocycles. The number of hydrogen-bond acceptors (Lipinski definition) is 4. The minimum Gasteiger partial charge on any atom is -0.388 e. The van der Waals surface area contributed by atoms with Crippen LogP contribution >= 0.6 is 0 Å². The molecule has 1 amide bonds. The summed E-state index contributed by atoms with van der Waals surface area (Å²) in [5.74, 6) is -0.130. The van der Waals surface area contributed by atoms with Gasteiger partial charge in [0.05, 0.1) is 0 Å². The third-order valence-corrected chi connectivity index (χ3v) is 3.37. The third kappa shape index (κ3) is 4.87. The molecule has 0 aromatic carbocycles. The second-order valence-corrected chi connectivity index (χ2v) is 4.67. The Labute approximate surface area is 115 Å². The zero-order chi connectivity index (χ0) is 14.3. The molecule has 1 atom stereocenters. The molecule has 0 aliphatic rings. The molecule has 5 nitrogen and oxygen atoms in total. The fraction of sp³-hybridized carbons (Fsp3) is 0.571. The third-order valence-electron chi connectivity index (χ3n) is 3.37. The van der Waals surface area contributed by atoms with Crippen molar-refractivity contribution in [2.75, 3.05) is 32.5 Å². The Morgan fingerprint density at radius 1 is 1.53 bits per heavy atom. The average molecular weight is 264 g/mol. The second-order valence-electron chi connectivity index (χ2n) is 4.67. The van der Waals surface area contributed by atoms with Gasteiger partial charge in [-0.05, 0) is 32.5 Å². The van der Waals surface area contributed by atoms with Gasteiger partial charge in [0.25, 0.3) is 5.91 Å². The van der Waals surface area contributed by atoms with Crippen LogP contribution in [-0.2, 0) is 0 Å². The SMILES string of the molecule is CCC(C)N(C)CCNC(=O)c1cc(NC)ccn1. The first-order chi connectivity index (χ1) is 9.08. The van der Waals surface area contributed by atoms with Crippen molar-refractivity contribution in [2.45, 2.75) is 26.3 Å². The van der Waals surface area contributed by atoms with Crippen LogP contribution < -0.4 is 10.6 Å². The summed E-state index contributed by atoms with van der Waals surface area (Å²) in [6.45, 7) is 5.81. The number of nitrogens with one attached hydrogen (secondary N) is 2. The Morgan fingerprint density at radius 3 is 2.89 bits per heavy atom. The zero-order valence-corrected chi connectivity index (χ0v) is 12.2.